The van der Waals surface area contributed by atoms with Gasteiger partial charge in [-0.2, -0.15) is 0 Å². The quantitative estimate of drug-likeness (QED) is 0.272. The third-order valence-corrected chi connectivity index (χ3v) is 9.20. The fourth-order valence-corrected chi connectivity index (χ4v) is 6.63. The number of carbonyl (C=O) groups is 1. The van der Waals surface area contributed by atoms with E-state index in [0.29, 0.717) is 11.1 Å². The van der Waals surface area contributed by atoms with Gasteiger partial charge in [-0.25, -0.2) is 4.79 Å². The second-order valence-corrected chi connectivity index (χ2v) is 10.8. The van der Waals surface area contributed by atoms with Crippen LogP contribution in [0.4, 0.5) is 0 Å². The van der Waals surface area contributed by atoms with Crippen LogP contribution < -0.4 is 0 Å². The highest BCUT2D eigenvalue weighted by Gasteiger charge is 2.40. The highest BCUT2D eigenvalue weighted by Crippen LogP contribution is 2.35. The largest absolute Gasteiger partial charge is 0.516 e. The first-order valence-electron chi connectivity index (χ1n) is 8.28. The molecule has 0 radical (unpaired) electrons. The van der Waals surface area contributed by atoms with Gasteiger partial charge < -0.3 is 4.43 Å². The van der Waals surface area contributed by atoms with Gasteiger partial charge in [-0.15, -0.1) is 0 Å². The monoisotopic (exact) mass is 298 g/mol. The van der Waals surface area contributed by atoms with Crippen LogP contribution in [0.25, 0.3) is 0 Å². The maximum absolute atomic E-state index is 12.0. The van der Waals surface area contributed by atoms with Crippen molar-refractivity contribution in [3.8, 4) is 0 Å². The molecule has 0 rings (SSSR count). The second kappa shape index (κ2) is 10.2. The standard InChI is InChI=1S/C17H34O2Si/c1-7-9-11-13-20(16(5)6,14-12-10-8-2)19-17(18)15(3)4/h16H,3,7-14H2,1-2,4-6H3. The Hall–Kier alpha value is -0.573. The van der Waals surface area contributed by atoms with Crippen LogP contribution in [0.2, 0.25) is 17.6 Å². The summed E-state index contributed by atoms with van der Waals surface area (Å²) in [7, 11) is -1.98. The van der Waals surface area contributed by atoms with Crippen molar-refractivity contribution in [2.45, 2.75) is 90.8 Å². The molecule has 0 aromatic heterocycles. The molecule has 20 heavy (non-hydrogen) atoms. The van der Waals surface area contributed by atoms with E-state index in [1.165, 1.54) is 38.5 Å². The zero-order valence-corrected chi connectivity index (χ0v) is 15.3. The van der Waals surface area contributed by atoms with E-state index in [-0.39, 0.29) is 5.97 Å². The fraction of sp³-hybridized carbons (Fsp3) is 0.824. The first-order valence-corrected chi connectivity index (χ1v) is 10.7. The minimum Gasteiger partial charge on any atom is -0.516 e. The number of rotatable bonds is 11. The van der Waals surface area contributed by atoms with Crippen molar-refractivity contribution >= 4 is 14.3 Å². The molecule has 0 bridgehead atoms. The Balaban J connectivity index is 4.90. The Morgan fingerprint density at radius 1 is 1.05 bits per heavy atom. The minimum atomic E-state index is -1.98. The number of hydrogen-bond acceptors (Lipinski definition) is 2. The second-order valence-electron chi connectivity index (χ2n) is 6.30. The molecule has 2 nitrogen and oxygen atoms in total. The summed E-state index contributed by atoms with van der Waals surface area (Å²) in [6, 6.07) is 2.22. The SMILES string of the molecule is C=C(C)C(=O)O[Si](CCCCC)(CCCCC)C(C)C. The molecule has 0 amide bonds. The van der Waals surface area contributed by atoms with Crippen molar-refractivity contribution in [1.82, 2.24) is 0 Å². The number of unbranched alkanes of at least 4 members (excludes halogenated alkanes) is 4. The molecular formula is C17H34O2Si. The van der Waals surface area contributed by atoms with Crippen molar-refractivity contribution in [1.29, 1.82) is 0 Å². The molecule has 0 unspecified atom stereocenters. The maximum Gasteiger partial charge on any atom is 0.319 e. The van der Waals surface area contributed by atoms with Gasteiger partial charge in [-0.3, -0.25) is 0 Å². The fourth-order valence-electron chi connectivity index (χ4n) is 2.54. The molecule has 0 N–H and O–H groups in total. The average molecular weight is 299 g/mol. The Labute approximate surface area is 127 Å². The third kappa shape index (κ3) is 6.73. The summed E-state index contributed by atoms with van der Waals surface area (Å²) in [5.41, 5.74) is 1.02. The van der Waals surface area contributed by atoms with E-state index in [9.17, 15) is 4.79 Å². The van der Waals surface area contributed by atoms with Gasteiger partial charge in [-0.1, -0.05) is 72.8 Å². The highest BCUT2D eigenvalue weighted by atomic mass is 28.4. The van der Waals surface area contributed by atoms with Crippen LogP contribution in [-0.4, -0.2) is 14.3 Å². The molecule has 3 heteroatoms. The molecule has 0 aromatic rings. The van der Waals surface area contributed by atoms with Crippen molar-refractivity contribution < 1.29 is 9.22 Å². The van der Waals surface area contributed by atoms with Crippen molar-refractivity contribution in [3.63, 3.8) is 0 Å². The lowest BCUT2D eigenvalue weighted by molar-refractivity contribution is -0.131. The van der Waals surface area contributed by atoms with Crippen LogP contribution in [0.1, 0.15) is 73.1 Å². The summed E-state index contributed by atoms with van der Waals surface area (Å²) in [5, 5.41) is 0. The first kappa shape index (κ1) is 19.4. The third-order valence-electron chi connectivity index (χ3n) is 4.10. The number of hydrogen-bond donors (Lipinski definition) is 0. The van der Waals surface area contributed by atoms with Crippen LogP contribution in [0, 0.1) is 0 Å². The minimum absolute atomic E-state index is 0.168. The van der Waals surface area contributed by atoms with Crippen LogP contribution in [0.5, 0.6) is 0 Å². The number of carbonyl (C=O) groups excluding carboxylic acids is 1. The molecule has 0 aliphatic rings. The predicted molar refractivity (Wildman–Crippen MR) is 90.4 cm³/mol. The van der Waals surface area contributed by atoms with Gasteiger partial charge in [0, 0.05) is 5.57 Å². The Kier molecular flexibility index (Phi) is 9.90. The van der Waals surface area contributed by atoms with Crippen LogP contribution in [0.3, 0.4) is 0 Å². The van der Waals surface area contributed by atoms with Gasteiger partial charge in [-0.05, 0) is 24.6 Å². The van der Waals surface area contributed by atoms with Gasteiger partial charge in [0.05, 0.1) is 0 Å². The molecule has 0 heterocycles. The van der Waals surface area contributed by atoms with Crippen LogP contribution >= 0.6 is 0 Å². The summed E-state index contributed by atoms with van der Waals surface area (Å²) >= 11 is 0. The molecular weight excluding hydrogens is 264 g/mol. The van der Waals surface area contributed by atoms with E-state index < -0.39 is 8.32 Å². The van der Waals surface area contributed by atoms with Gasteiger partial charge in [0.15, 0.2) is 0 Å². The van der Waals surface area contributed by atoms with Gasteiger partial charge in [0.1, 0.15) is 0 Å². The first-order chi connectivity index (χ1) is 9.39. The Bertz CT molecular complexity index is 287. The molecule has 0 aliphatic heterocycles. The van der Waals surface area contributed by atoms with Gasteiger partial charge in [0.25, 0.3) is 8.32 Å². The van der Waals surface area contributed by atoms with Crippen LogP contribution in [0.15, 0.2) is 12.2 Å². The Morgan fingerprint density at radius 2 is 1.50 bits per heavy atom. The van der Waals surface area contributed by atoms with E-state index in [4.69, 9.17) is 4.43 Å². The van der Waals surface area contributed by atoms with E-state index >= 15 is 0 Å². The molecule has 118 valence electrons. The summed E-state index contributed by atoms with van der Waals surface area (Å²) in [4.78, 5) is 12.0. The van der Waals surface area contributed by atoms with Crippen molar-refractivity contribution in [2.75, 3.05) is 0 Å². The van der Waals surface area contributed by atoms with E-state index in [1.807, 2.05) is 0 Å². The lowest BCUT2D eigenvalue weighted by Gasteiger charge is -2.35. The zero-order chi connectivity index (χ0) is 15.6. The normalized spacial score (nSPS) is 11.7. The van der Waals surface area contributed by atoms with Crippen molar-refractivity contribution in [2.24, 2.45) is 0 Å². The van der Waals surface area contributed by atoms with Gasteiger partial charge >= 0.3 is 5.97 Å². The van der Waals surface area contributed by atoms with Crippen LogP contribution in [-0.2, 0) is 9.22 Å². The summed E-state index contributed by atoms with van der Waals surface area (Å²) in [6.45, 7) is 14.4. The molecule has 0 atom stereocenters. The average Bonchev–Trinajstić information content (AvgIpc) is 2.38. The molecule has 0 aromatic carbocycles. The zero-order valence-electron chi connectivity index (χ0n) is 14.3. The molecule has 0 saturated carbocycles. The summed E-state index contributed by atoms with van der Waals surface area (Å²) < 4.78 is 6.05. The molecule has 0 fully saturated rings. The van der Waals surface area contributed by atoms with Crippen molar-refractivity contribution in [3.05, 3.63) is 12.2 Å². The Morgan fingerprint density at radius 3 is 1.80 bits per heavy atom. The highest BCUT2D eigenvalue weighted by molar-refractivity contribution is 6.76. The molecule has 0 aliphatic carbocycles. The molecule has 0 spiro atoms. The van der Waals surface area contributed by atoms with E-state index in [1.54, 1.807) is 6.92 Å². The van der Waals surface area contributed by atoms with Gasteiger partial charge in [0.2, 0.25) is 0 Å². The summed E-state index contributed by atoms with van der Waals surface area (Å²) in [5.74, 6) is -0.168. The topological polar surface area (TPSA) is 26.3 Å². The summed E-state index contributed by atoms with van der Waals surface area (Å²) in [6.07, 6.45) is 7.28. The van der Waals surface area contributed by atoms with E-state index in [0.717, 1.165) is 12.1 Å². The predicted octanol–water partition coefficient (Wildman–Crippen LogP) is 5.84. The lowest BCUT2D eigenvalue weighted by Crippen LogP contribution is -2.43. The van der Waals surface area contributed by atoms with E-state index in [2.05, 4.69) is 34.3 Å². The lowest BCUT2D eigenvalue weighted by atomic mass is 10.3. The smallest absolute Gasteiger partial charge is 0.319 e. The maximum atomic E-state index is 12.0. The molecule has 0 saturated heterocycles.